The molecule has 7 nitrogen and oxygen atoms in total. The first-order valence-corrected chi connectivity index (χ1v) is 7.15. The van der Waals surface area contributed by atoms with E-state index in [1.54, 1.807) is 0 Å². The molecule has 4 N–H and O–H groups in total. The van der Waals surface area contributed by atoms with E-state index in [0.29, 0.717) is 6.54 Å². The lowest BCUT2D eigenvalue weighted by Crippen LogP contribution is -2.41. The first-order chi connectivity index (χ1) is 9.01. The maximum atomic E-state index is 11.4. The van der Waals surface area contributed by atoms with E-state index in [2.05, 4.69) is 15.4 Å². The monoisotopic (exact) mass is 291 g/mol. The van der Waals surface area contributed by atoms with Crippen LogP contribution in [0.2, 0.25) is 0 Å². The second-order valence-electron chi connectivity index (χ2n) is 3.80. The minimum atomic E-state index is -0.763. The van der Waals surface area contributed by atoms with E-state index < -0.39 is 23.9 Å². The van der Waals surface area contributed by atoms with Crippen molar-refractivity contribution in [1.82, 2.24) is 10.6 Å². The van der Waals surface area contributed by atoms with Gasteiger partial charge in [0.2, 0.25) is 5.91 Å². The number of hydrogen-bond acceptors (Lipinski definition) is 6. The Balaban J connectivity index is 3.69. The minimum Gasteiger partial charge on any atom is -0.468 e. The van der Waals surface area contributed by atoms with Gasteiger partial charge in [-0.25, -0.2) is 4.79 Å². The molecule has 0 saturated carbocycles. The maximum absolute atomic E-state index is 11.4. The van der Waals surface area contributed by atoms with Crippen LogP contribution in [0.5, 0.6) is 0 Å². The molecule has 1 unspecified atom stereocenters. The van der Waals surface area contributed by atoms with Crippen LogP contribution in [0.4, 0.5) is 4.79 Å². The number of carbonyl (C=O) groups excluding carboxylic acids is 3. The SMILES string of the molecule is CCCCNC(=O)NC(=O)CSCC(N)C(=O)OC. The fourth-order valence-corrected chi connectivity index (χ4v) is 1.85. The number of thioether (sulfide) groups is 1. The summed E-state index contributed by atoms with van der Waals surface area (Å²) in [6.07, 6.45) is 1.83. The van der Waals surface area contributed by atoms with Crippen LogP contribution in [0.25, 0.3) is 0 Å². The van der Waals surface area contributed by atoms with Gasteiger partial charge in [-0.05, 0) is 6.42 Å². The number of imide groups is 1. The Bertz CT molecular complexity index is 312. The average molecular weight is 291 g/mol. The molecule has 0 bridgehead atoms. The summed E-state index contributed by atoms with van der Waals surface area (Å²) in [6, 6.07) is -1.27. The lowest BCUT2D eigenvalue weighted by Gasteiger charge is -2.09. The zero-order valence-electron chi connectivity index (χ0n) is 11.2. The third-order valence-corrected chi connectivity index (χ3v) is 3.16. The summed E-state index contributed by atoms with van der Waals surface area (Å²) in [6.45, 7) is 2.54. The van der Waals surface area contributed by atoms with Crippen molar-refractivity contribution < 1.29 is 19.1 Å². The zero-order chi connectivity index (χ0) is 14.7. The molecule has 3 amide bonds. The number of urea groups is 1. The Morgan fingerprint density at radius 2 is 2.05 bits per heavy atom. The third kappa shape index (κ3) is 9.32. The lowest BCUT2D eigenvalue weighted by atomic mass is 10.3. The van der Waals surface area contributed by atoms with Gasteiger partial charge >= 0.3 is 12.0 Å². The summed E-state index contributed by atoms with van der Waals surface area (Å²) in [5, 5.41) is 4.75. The van der Waals surface area contributed by atoms with Crippen LogP contribution >= 0.6 is 11.8 Å². The molecule has 0 aliphatic rings. The number of esters is 1. The number of hydrogen-bond donors (Lipinski definition) is 3. The highest BCUT2D eigenvalue weighted by atomic mass is 32.2. The predicted molar refractivity (Wildman–Crippen MR) is 73.8 cm³/mol. The lowest BCUT2D eigenvalue weighted by molar-refractivity contribution is -0.141. The summed E-state index contributed by atoms with van der Waals surface area (Å²) in [5.74, 6) is -0.620. The van der Waals surface area contributed by atoms with Crippen molar-refractivity contribution in [3.05, 3.63) is 0 Å². The van der Waals surface area contributed by atoms with Crippen molar-refractivity contribution in [1.29, 1.82) is 0 Å². The fraction of sp³-hybridized carbons (Fsp3) is 0.727. The van der Waals surface area contributed by atoms with Gasteiger partial charge in [0.15, 0.2) is 0 Å². The molecule has 0 saturated heterocycles. The summed E-state index contributed by atoms with van der Waals surface area (Å²) < 4.78 is 4.45. The van der Waals surface area contributed by atoms with Crippen molar-refractivity contribution in [3.8, 4) is 0 Å². The van der Waals surface area contributed by atoms with Crippen LogP contribution in [0, 0.1) is 0 Å². The summed E-state index contributed by atoms with van der Waals surface area (Å²) >= 11 is 1.17. The van der Waals surface area contributed by atoms with Crippen LogP contribution in [-0.2, 0) is 14.3 Å². The Labute approximate surface area is 117 Å². The number of amides is 3. The number of ether oxygens (including phenoxy) is 1. The highest BCUT2D eigenvalue weighted by Crippen LogP contribution is 2.02. The molecule has 1 atom stereocenters. The molecule has 0 aromatic heterocycles. The van der Waals surface area contributed by atoms with Gasteiger partial charge in [0, 0.05) is 12.3 Å². The first-order valence-electron chi connectivity index (χ1n) is 6.00. The molecule has 0 aliphatic carbocycles. The van der Waals surface area contributed by atoms with Gasteiger partial charge in [0.1, 0.15) is 6.04 Å². The van der Waals surface area contributed by atoms with Gasteiger partial charge < -0.3 is 15.8 Å². The van der Waals surface area contributed by atoms with Crippen molar-refractivity contribution >= 4 is 29.7 Å². The first kappa shape index (κ1) is 17.7. The molecule has 0 radical (unpaired) electrons. The summed E-state index contributed by atoms with van der Waals surface area (Å²) in [4.78, 5) is 33.6. The van der Waals surface area contributed by atoms with Crippen molar-refractivity contribution in [3.63, 3.8) is 0 Å². The second kappa shape index (κ2) is 10.6. The number of unbranched alkanes of at least 4 members (excludes halogenated alkanes) is 1. The molecule has 0 aromatic carbocycles. The van der Waals surface area contributed by atoms with Crippen molar-refractivity contribution in [2.24, 2.45) is 5.73 Å². The van der Waals surface area contributed by atoms with Crippen LogP contribution in [0.15, 0.2) is 0 Å². The molecule has 0 fully saturated rings. The highest BCUT2D eigenvalue weighted by Gasteiger charge is 2.14. The highest BCUT2D eigenvalue weighted by molar-refractivity contribution is 8.00. The van der Waals surface area contributed by atoms with E-state index in [9.17, 15) is 14.4 Å². The molecule has 0 aliphatic heterocycles. The molecule has 110 valence electrons. The van der Waals surface area contributed by atoms with E-state index in [4.69, 9.17) is 5.73 Å². The van der Waals surface area contributed by atoms with Crippen LogP contribution in [0.3, 0.4) is 0 Å². The zero-order valence-corrected chi connectivity index (χ0v) is 12.0. The van der Waals surface area contributed by atoms with E-state index >= 15 is 0 Å². The number of nitrogens with one attached hydrogen (secondary N) is 2. The van der Waals surface area contributed by atoms with E-state index in [-0.39, 0.29) is 11.5 Å². The van der Waals surface area contributed by atoms with Gasteiger partial charge in [-0.3, -0.25) is 14.9 Å². The number of methoxy groups -OCH3 is 1. The number of carbonyl (C=O) groups is 3. The second-order valence-corrected chi connectivity index (χ2v) is 4.83. The molecule has 0 spiro atoms. The number of rotatable bonds is 8. The summed E-state index contributed by atoms with van der Waals surface area (Å²) in [7, 11) is 1.25. The van der Waals surface area contributed by atoms with Gasteiger partial charge in [-0.1, -0.05) is 13.3 Å². The van der Waals surface area contributed by atoms with Crippen molar-refractivity contribution in [2.45, 2.75) is 25.8 Å². The maximum Gasteiger partial charge on any atom is 0.323 e. The molecule has 8 heteroatoms. The minimum absolute atomic E-state index is 0.0614. The molecule has 0 rings (SSSR count). The molecule has 0 aromatic rings. The smallest absolute Gasteiger partial charge is 0.323 e. The predicted octanol–water partition coefficient (Wildman–Crippen LogP) is -0.154. The largest absolute Gasteiger partial charge is 0.468 e. The molecule has 19 heavy (non-hydrogen) atoms. The van der Waals surface area contributed by atoms with Crippen molar-refractivity contribution in [2.75, 3.05) is 25.2 Å². The Morgan fingerprint density at radius 1 is 1.37 bits per heavy atom. The summed E-state index contributed by atoms with van der Waals surface area (Å²) in [5.41, 5.74) is 5.49. The van der Waals surface area contributed by atoms with Crippen LogP contribution in [-0.4, -0.2) is 49.1 Å². The van der Waals surface area contributed by atoms with Crippen LogP contribution in [0.1, 0.15) is 19.8 Å². The van der Waals surface area contributed by atoms with E-state index in [1.165, 1.54) is 18.9 Å². The molecular formula is C11H21N3O4S. The standard InChI is InChI=1S/C11H21N3O4S/c1-3-4-5-13-11(17)14-9(15)7-19-6-8(12)10(16)18-2/h8H,3-7,12H2,1-2H3,(H2,13,14,15,17). The Morgan fingerprint density at radius 3 is 2.63 bits per heavy atom. The normalized spacial score (nSPS) is 11.5. The van der Waals surface area contributed by atoms with Crippen LogP contribution < -0.4 is 16.4 Å². The van der Waals surface area contributed by atoms with Gasteiger partial charge in [-0.15, -0.1) is 11.8 Å². The van der Waals surface area contributed by atoms with E-state index in [1.807, 2.05) is 6.92 Å². The molecular weight excluding hydrogens is 270 g/mol. The average Bonchev–Trinajstić information content (AvgIpc) is 2.37. The Kier molecular flexibility index (Phi) is 9.91. The van der Waals surface area contributed by atoms with Gasteiger partial charge in [0.25, 0.3) is 0 Å². The van der Waals surface area contributed by atoms with E-state index in [0.717, 1.165) is 12.8 Å². The third-order valence-electron chi connectivity index (χ3n) is 2.10. The van der Waals surface area contributed by atoms with Gasteiger partial charge in [-0.2, -0.15) is 0 Å². The number of nitrogens with two attached hydrogens (primary N) is 1. The Hall–Kier alpha value is -1.28. The van der Waals surface area contributed by atoms with Gasteiger partial charge in [0.05, 0.1) is 12.9 Å². The topological polar surface area (TPSA) is 111 Å². The fourth-order valence-electron chi connectivity index (χ4n) is 1.08. The quantitative estimate of drug-likeness (QED) is 0.423. The molecule has 0 heterocycles.